The minimum absolute atomic E-state index is 0.0864. The summed E-state index contributed by atoms with van der Waals surface area (Å²) < 4.78 is 6.72. The van der Waals surface area contributed by atoms with E-state index in [-0.39, 0.29) is 6.04 Å². The monoisotopic (exact) mass is 293 g/mol. The van der Waals surface area contributed by atoms with Gasteiger partial charge in [-0.15, -0.1) is 0 Å². The number of aryl methyl sites for hydroxylation is 2. The maximum Gasteiger partial charge on any atom is 0.121 e. The van der Waals surface area contributed by atoms with Crippen molar-refractivity contribution in [3.05, 3.63) is 57.5 Å². The van der Waals surface area contributed by atoms with Crippen molar-refractivity contribution >= 4 is 15.9 Å². The standard InChI is InChI=1S/C14H16BrNO/c1-9-6-14(17-10(9)2)13(16)8-11-4-3-5-12(15)7-11/h3-7,13H,8,16H2,1-2H3. The first kappa shape index (κ1) is 12.4. The number of furan rings is 1. The van der Waals surface area contributed by atoms with E-state index in [2.05, 4.69) is 28.1 Å². The van der Waals surface area contributed by atoms with E-state index in [1.807, 2.05) is 32.0 Å². The largest absolute Gasteiger partial charge is 0.464 e. The van der Waals surface area contributed by atoms with Gasteiger partial charge in [-0.3, -0.25) is 0 Å². The molecule has 1 aromatic heterocycles. The Hall–Kier alpha value is -1.06. The average molecular weight is 294 g/mol. The molecule has 1 unspecified atom stereocenters. The molecular formula is C14H16BrNO. The number of rotatable bonds is 3. The van der Waals surface area contributed by atoms with Crippen LogP contribution in [0.15, 0.2) is 39.2 Å². The second-order valence-corrected chi connectivity index (χ2v) is 5.24. The van der Waals surface area contributed by atoms with Gasteiger partial charge in [-0.1, -0.05) is 28.1 Å². The third-order valence-corrected chi connectivity index (χ3v) is 3.39. The van der Waals surface area contributed by atoms with Crippen LogP contribution in [-0.4, -0.2) is 0 Å². The highest BCUT2D eigenvalue weighted by Crippen LogP contribution is 2.22. The highest BCUT2D eigenvalue weighted by atomic mass is 79.9. The van der Waals surface area contributed by atoms with Crippen LogP contribution in [0.2, 0.25) is 0 Å². The van der Waals surface area contributed by atoms with Crippen molar-refractivity contribution in [2.24, 2.45) is 5.73 Å². The summed E-state index contributed by atoms with van der Waals surface area (Å²) >= 11 is 3.46. The third-order valence-electron chi connectivity index (χ3n) is 2.90. The van der Waals surface area contributed by atoms with Gasteiger partial charge in [-0.25, -0.2) is 0 Å². The Labute approximate surface area is 110 Å². The van der Waals surface area contributed by atoms with Crippen molar-refractivity contribution in [3.8, 4) is 0 Å². The van der Waals surface area contributed by atoms with E-state index in [1.165, 1.54) is 5.56 Å². The summed E-state index contributed by atoms with van der Waals surface area (Å²) in [6.45, 7) is 4.00. The van der Waals surface area contributed by atoms with Crippen molar-refractivity contribution in [1.29, 1.82) is 0 Å². The first-order valence-electron chi connectivity index (χ1n) is 5.63. The summed E-state index contributed by atoms with van der Waals surface area (Å²) in [5.41, 5.74) is 8.51. The number of halogens is 1. The molecule has 1 atom stereocenters. The van der Waals surface area contributed by atoms with Gasteiger partial charge in [0.15, 0.2) is 0 Å². The summed E-state index contributed by atoms with van der Waals surface area (Å²) in [6, 6.07) is 10.1. The average Bonchev–Trinajstić information content (AvgIpc) is 2.59. The highest BCUT2D eigenvalue weighted by molar-refractivity contribution is 9.10. The second kappa shape index (κ2) is 5.07. The summed E-state index contributed by atoms with van der Waals surface area (Å²) in [6.07, 6.45) is 0.784. The topological polar surface area (TPSA) is 39.2 Å². The molecule has 1 heterocycles. The molecule has 2 rings (SSSR count). The molecule has 2 N–H and O–H groups in total. The van der Waals surface area contributed by atoms with Crippen LogP contribution in [0.25, 0.3) is 0 Å². The molecular weight excluding hydrogens is 278 g/mol. The molecule has 0 spiro atoms. The van der Waals surface area contributed by atoms with Crippen molar-refractivity contribution in [1.82, 2.24) is 0 Å². The van der Waals surface area contributed by atoms with Crippen LogP contribution >= 0.6 is 15.9 Å². The maximum absolute atomic E-state index is 6.15. The highest BCUT2D eigenvalue weighted by Gasteiger charge is 2.13. The summed E-state index contributed by atoms with van der Waals surface area (Å²) in [5, 5.41) is 0. The molecule has 0 aliphatic heterocycles. The maximum atomic E-state index is 6.15. The molecule has 1 aromatic carbocycles. The van der Waals surface area contributed by atoms with Gasteiger partial charge in [0.05, 0.1) is 6.04 Å². The van der Waals surface area contributed by atoms with Gasteiger partial charge < -0.3 is 10.2 Å². The summed E-state index contributed by atoms with van der Waals surface area (Å²) in [7, 11) is 0. The van der Waals surface area contributed by atoms with Crippen LogP contribution in [-0.2, 0) is 6.42 Å². The predicted octanol–water partition coefficient (Wildman–Crippen LogP) is 3.90. The predicted molar refractivity (Wildman–Crippen MR) is 73.0 cm³/mol. The molecule has 2 nitrogen and oxygen atoms in total. The number of benzene rings is 1. The van der Waals surface area contributed by atoms with Crippen LogP contribution in [0.5, 0.6) is 0 Å². The van der Waals surface area contributed by atoms with Crippen molar-refractivity contribution in [2.75, 3.05) is 0 Å². The molecule has 0 aliphatic carbocycles. The zero-order valence-corrected chi connectivity index (χ0v) is 11.6. The lowest BCUT2D eigenvalue weighted by Gasteiger charge is -2.09. The molecule has 17 heavy (non-hydrogen) atoms. The fourth-order valence-corrected chi connectivity index (χ4v) is 2.25. The van der Waals surface area contributed by atoms with E-state index in [1.54, 1.807) is 0 Å². The quantitative estimate of drug-likeness (QED) is 0.932. The van der Waals surface area contributed by atoms with E-state index in [0.717, 1.165) is 28.0 Å². The van der Waals surface area contributed by atoms with Gasteiger partial charge in [0.1, 0.15) is 11.5 Å². The lowest BCUT2D eigenvalue weighted by molar-refractivity contribution is 0.444. The second-order valence-electron chi connectivity index (χ2n) is 4.33. The van der Waals surface area contributed by atoms with E-state index in [0.29, 0.717) is 0 Å². The Morgan fingerprint density at radius 1 is 1.29 bits per heavy atom. The van der Waals surface area contributed by atoms with Crippen molar-refractivity contribution in [2.45, 2.75) is 26.3 Å². The van der Waals surface area contributed by atoms with Crippen molar-refractivity contribution in [3.63, 3.8) is 0 Å². The van der Waals surface area contributed by atoms with Crippen LogP contribution in [0.3, 0.4) is 0 Å². The smallest absolute Gasteiger partial charge is 0.121 e. The normalized spacial score (nSPS) is 12.7. The molecule has 0 fully saturated rings. The zero-order chi connectivity index (χ0) is 12.4. The molecule has 0 radical (unpaired) electrons. The molecule has 3 heteroatoms. The molecule has 0 bridgehead atoms. The first-order chi connectivity index (χ1) is 8.06. The zero-order valence-electron chi connectivity index (χ0n) is 10.0. The Morgan fingerprint density at radius 2 is 2.06 bits per heavy atom. The van der Waals surface area contributed by atoms with Crippen LogP contribution in [0, 0.1) is 13.8 Å². The van der Waals surface area contributed by atoms with Crippen molar-refractivity contribution < 1.29 is 4.42 Å². The van der Waals surface area contributed by atoms with Gasteiger partial charge >= 0.3 is 0 Å². The first-order valence-corrected chi connectivity index (χ1v) is 6.42. The van der Waals surface area contributed by atoms with Gasteiger partial charge in [0.2, 0.25) is 0 Å². The Balaban J connectivity index is 2.14. The molecule has 90 valence electrons. The minimum atomic E-state index is -0.0864. The lowest BCUT2D eigenvalue weighted by Crippen LogP contribution is -2.12. The van der Waals surface area contributed by atoms with Crippen LogP contribution in [0.1, 0.15) is 28.7 Å². The van der Waals surface area contributed by atoms with E-state index in [4.69, 9.17) is 10.2 Å². The number of nitrogens with two attached hydrogens (primary N) is 1. The van der Waals surface area contributed by atoms with Gasteiger partial charge in [-0.05, 0) is 49.6 Å². The number of hydrogen-bond acceptors (Lipinski definition) is 2. The third kappa shape index (κ3) is 2.99. The van der Waals surface area contributed by atoms with Gasteiger partial charge in [0, 0.05) is 4.47 Å². The van der Waals surface area contributed by atoms with Gasteiger partial charge in [0.25, 0.3) is 0 Å². The molecule has 0 saturated heterocycles. The SMILES string of the molecule is Cc1cc(C(N)Cc2cccc(Br)c2)oc1C. The fraction of sp³-hybridized carbons (Fsp3) is 0.286. The molecule has 0 amide bonds. The number of hydrogen-bond donors (Lipinski definition) is 1. The fourth-order valence-electron chi connectivity index (χ4n) is 1.80. The lowest BCUT2D eigenvalue weighted by atomic mass is 10.0. The summed E-state index contributed by atoms with van der Waals surface area (Å²) in [5.74, 6) is 1.81. The Kier molecular flexibility index (Phi) is 3.69. The van der Waals surface area contributed by atoms with Gasteiger partial charge in [-0.2, -0.15) is 0 Å². The molecule has 0 saturated carbocycles. The molecule has 2 aromatic rings. The minimum Gasteiger partial charge on any atom is -0.464 e. The van der Waals surface area contributed by atoms with E-state index < -0.39 is 0 Å². The summed E-state index contributed by atoms with van der Waals surface area (Å²) in [4.78, 5) is 0. The van der Waals surface area contributed by atoms with Crippen LogP contribution in [0.4, 0.5) is 0 Å². The van der Waals surface area contributed by atoms with E-state index in [9.17, 15) is 0 Å². The molecule has 0 aliphatic rings. The Morgan fingerprint density at radius 3 is 2.65 bits per heavy atom. The van der Waals surface area contributed by atoms with Crippen LogP contribution < -0.4 is 5.73 Å². The van der Waals surface area contributed by atoms with E-state index >= 15 is 0 Å². The Bertz CT molecular complexity index is 499.